The fraction of sp³-hybridized carbons (Fsp3) is 0.389. The minimum Gasteiger partial charge on any atom is -0.353 e. The number of aryl methyl sites for hydroxylation is 1. The summed E-state index contributed by atoms with van der Waals surface area (Å²) in [5.74, 6) is 1.81. The highest BCUT2D eigenvalue weighted by molar-refractivity contribution is 6.32. The summed E-state index contributed by atoms with van der Waals surface area (Å²) < 4.78 is 1.82. The van der Waals surface area contributed by atoms with Crippen LogP contribution in [0.15, 0.2) is 30.5 Å². The highest BCUT2D eigenvalue weighted by atomic mass is 35.5. The molecule has 130 valence electrons. The van der Waals surface area contributed by atoms with Crippen molar-refractivity contribution in [2.24, 2.45) is 0 Å². The highest BCUT2D eigenvalue weighted by Gasteiger charge is 2.21. The lowest BCUT2D eigenvalue weighted by molar-refractivity contribution is 0.312. The van der Waals surface area contributed by atoms with E-state index in [9.17, 15) is 0 Å². The van der Waals surface area contributed by atoms with E-state index in [4.69, 9.17) is 21.6 Å². The van der Waals surface area contributed by atoms with Gasteiger partial charge in [-0.25, -0.2) is 14.6 Å². The fourth-order valence-corrected chi connectivity index (χ4v) is 3.37. The van der Waals surface area contributed by atoms with Gasteiger partial charge in [0.05, 0.1) is 22.3 Å². The van der Waals surface area contributed by atoms with Gasteiger partial charge in [-0.2, -0.15) is 5.10 Å². The summed E-state index contributed by atoms with van der Waals surface area (Å²) in [5.41, 5.74) is 1.65. The van der Waals surface area contributed by atoms with Crippen LogP contribution >= 0.6 is 11.6 Å². The summed E-state index contributed by atoms with van der Waals surface area (Å²) in [5, 5.41) is 6.20. The van der Waals surface area contributed by atoms with Gasteiger partial charge in [-0.1, -0.05) is 30.7 Å². The predicted molar refractivity (Wildman–Crippen MR) is 101 cm³/mol. The molecule has 1 saturated heterocycles. The van der Waals surface area contributed by atoms with Gasteiger partial charge in [0.25, 0.3) is 0 Å². The number of anilines is 1. The maximum atomic E-state index is 6.37. The Bertz CT molecular complexity index is 898. The van der Waals surface area contributed by atoms with Crippen molar-refractivity contribution in [1.82, 2.24) is 24.6 Å². The quantitative estimate of drug-likeness (QED) is 0.722. The van der Waals surface area contributed by atoms with Crippen molar-refractivity contribution in [3.8, 4) is 5.69 Å². The van der Waals surface area contributed by atoms with E-state index in [0.717, 1.165) is 61.0 Å². The van der Waals surface area contributed by atoms with Gasteiger partial charge in [0.15, 0.2) is 5.65 Å². The average molecular weight is 357 g/mol. The second kappa shape index (κ2) is 6.61. The van der Waals surface area contributed by atoms with Gasteiger partial charge in [0, 0.05) is 32.6 Å². The van der Waals surface area contributed by atoms with Gasteiger partial charge in [0.1, 0.15) is 11.6 Å². The molecule has 0 aliphatic carbocycles. The molecule has 3 aromatic rings. The van der Waals surface area contributed by atoms with Crippen molar-refractivity contribution >= 4 is 28.5 Å². The zero-order valence-corrected chi connectivity index (χ0v) is 15.2. The van der Waals surface area contributed by atoms with Crippen LogP contribution in [0, 0.1) is 0 Å². The fourth-order valence-electron chi connectivity index (χ4n) is 3.15. The molecule has 0 atom stereocenters. The largest absolute Gasteiger partial charge is 0.353 e. The third kappa shape index (κ3) is 2.96. The minimum atomic E-state index is 0.658. The molecule has 1 aliphatic heterocycles. The van der Waals surface area contributed by atoms with Gasteiger partial charge in [-0.15, -0.1) is 0 Å². The number of rotatable bonds is 3. The number of halogens is 1. The molecular formula is C18H21ClN6. The van der Waals surface area contributed by atoms with Gasteiger partial charge in [-0.05, 0) is 19.2 Å². The molecule has 4 rings (SSSR count). The summed E-state index contributed by atoms with van der Waals surface area (Å²) >= 11 is 6.37. The topological polar surface area (TPSA) is 50.1 Å². The van der Waals surface area contributed by atoms with E-state index in [1.54, 1.807) is 0 Å². The number of benzene rings is 1. The maximum Gasteiger partial charge on any atom is 0.168 e. The molecule has 1 fully saturated rings. The lowest BCUT2D eigenvalue weighted by atomic mass is 10.2. The summed E-state index contributed by atoms with van der Waals surface area (Å²) in [6.45, 7) is 6.06. The number of hydrogen-bond donors (Lipinski definition) is 0. The van der Waals surface area contributed by atoms with Crippen molar-refractivity contribution < 1.29 is 0 Å². The standard InChI is InChI=1S/C18H21ClN6/c1-3-16-21-17(24-10-8-23(2)9-11-24)13-12-20-25(18(13)22-16)15-7-5-4-6-14(15)19/h4-7,12H,3,8-11H2,1-2H3. The zero-order chi connectivity index (χ0) is 17.4. The van der Waals surface area contributed by atoms with Crippen LogP contribution in [0.2, 0.25) is 5.02 Å². The van der Waals surface area contributed by atoms with E-state index in [0.29, 0.717) is 5.02 Å². The Morgan fingerprint density at radius 1 is 1.08 bits per heavy atom. The van der Waals surface area contributed by atoms with Gasteiger partial charge >= 0.3 is 0 Å². The van der Waals surface area contributed by atoms with Crippen LogP contribution in [-0.2, 0) is 6.42 Å². The molecule has 6 nitrogen and oxygen atoms in total. The lowest BCUT2D eigenvalue weighted by Crippen LogP contribution is -2.45. The molecular weight excluding hydrogens is 336 g/mol. The third-order valence-corrected chi connectivity index (χ3v) is 4.97. The Kier molecular flexibility index (Phi) is 4.31. The van der Waals surface area contributed by atoms with Crippen molar-refractivity contribution in [3.63, 3.8) is 0 Å². The van der Waals surface area contributed by atoms with Crippen LogP contribution in [0.1, 0.15) is 12.7 Å². The van der Waals surface area contributed by atoms with E-state index in [2.05, 4.69) is 28.9 Å². The van der Waals surface area contributed by atoms with E-state index in [1.807, 2.05) is 35.1 Å². The van der Waals surface area contributed by atoms with Crippen molar-refractivity contribution in [3.05, 3.63) is 41.3 Å². The van der Waals surface area contributed by atoms with E-state index >= 15 is 0 Å². The summed E-state index contributed by atoms with van der Waals surface area (Å²) in [6, 6.07) is 7.70. The predicted octanol–water partition coefficient (Wildman–Crippen LogP) is 2.78. The molecule has 0 radical (unpaired) electrons. The number of para-hydroxylation sites is 1. The number of aromatic nitrogens is 4. The van der Waals surface area contributed by atoms with Crippen LogP contribution in [-0.4, -0.2) is 57.9 Å². The average Bonchev–Trinajstić information content (AvgIpc) is 3.06. The van der Waals surface area contributed by atoms with Crippen LogP contribution in [0.3, 0.4) is 0 Å². The Balaban J connectivity index is 1.86. The molecule has 0 N–H and O–H groups in total. The molecule has 7 heteroatoms. The molecule has 3 heterocycles. The van der Waals surface area contributed by atoms with Crippen LogP contribution in [0.4, 0.5) is 5.82 Å². The van der Waals surface area contributed by atoms with Gasteiger partial charge < -0.3 is 9.80 Å². The van der Waals surface area contributed by atoms with Crippen molar-refractivity contribution in [2.45, 2.75) is 13.3 Å². The number of fused-ring (bicyclic) bond motifs is 1. The number of likely N-dealkylation sites (N-methyl/N-ethyl adjacent to an activating group) is 1. The molecule has 2 aromatic heterocycles. The first kappa shape index (κ1) is 16.3. The molecule has 0 spiro atoms. The summed E-state index contributed by atoms with van der Waals surface area (Å²) in [7, 11) is 2.15. The minimum absolute atomic E-state index is 0.658. The van der Waals surface area contributed by atoms with Gasteiger partial charge in [-0.3, -0.25) is 0 Å². The second-order valence-electron chi connectivity index (χ2n) is 6.35. The Hall–Kier alpha value is -2.18. The lowest BCUT2D eigenvalue weighted by Gasteiger charge is -2.33. The molecule has 0 saturated carbocycles. The van der Waals surface area contributed by atoms with E-state index in [1.165, 1.54) is 0 Å². The molecule has 25 heavy (non-hydrogen) atoms. The van der Waals surface area contributed by atoms with E-state index in [-0.39, 0.29) is 0 Å². The van der Waals surface area contributed by atoms with Crippen LogP contribution in [0.25, 0.3) is 16.7 Å². The summed E-state index contributed by atoms with van der Waals surface area (Å²) in [6.07, 6.45) is 2.64. The molecule has 0 amide bonds. The Morgan fingerprint density at radius 2 is 1.84 bits per heavy atom. The Morgan fingerprint density at radius 3 is 2.56 bits per heavy atom. The SMILES string of the molecule is CCc1nc(N2CCN(C)CC2)c2cnn(-c3ccccc3Cl)c2n1. The van der Waals surface area contributed by atoms with Crippen molar-refractivity contribution in [1.29, 1.82) is 0 Å². The van der Waals surface area contributed by atoms with Crippen LogP contribution < -0.4 is 4.90 Å². The zero-order valence-electron chi connectivity index (χ0n) is 14.5. The first-order valence-electron chi connectivity index (χ1n) is 8.60. The number of nitrogens with zero attached hydrogens (tertiary/aromatic N) is 6. The molecule has 1 aliphatic rings. The molecule has 0 unspecified atom stereocenters. The first-order valence-corrected chi connectivity index (χ1v) is 8.98. The normalized spacial score (nSPS) is 15.9. The Labute approximate surface area is 152 Å². The van der Waals surface area contributed by atoms with Crippen molar-refractivity contribution in [2.75, 3.05) is 38.1 Å². The third-order valence-electron chi connectivity index (χ3n) is 4.65. The number of piperazine rings is 1. The molecule has 0 bridgehead atoms. The highest BCUT2D eigenvalue weighted by Crippen LogP contribution is 2.28. The monoisotopic (exact) mass is 356 g/mol. The smallest absolute Gasteiger partial charge is 0.168 e. The van der Waals surface area contributed by atoms with Gasteiger partial charge in [0.2, 0.25) is 0 Å². The van der Waals surface area contributed by atoms with E-state index < -0.39 is 0 Å². The second-order valence-corrected chi connectivity index (χ2v) is 6.76. The number of hydrogen-bond acceptors (Lipinski definition) is 5. The first-order chi connectivity index (χ1) is 12.2. The van der Waals surface area contributed by atoms with Crippen LogP contribution in [0.5, 0.6) is 0 Å². The maximum absolute atomic E-state index is 6.37. The molecule has 1 aromatic carbocycles. The summed E-state index contributed by atoms with van der Waals surface area (Å²) in [4.78, 5) is 14.2.